The number of anilines is 2. The zero-order valence-corrected chi connectivity index (χ0v) is 11.7. The van der Waals surface area contributed by atoms with Crippen molar-refractivity contribution in [2.24, 2.45) is 7.05 Å². The van der Waals surface area contributed by atoms with Crippen LogP contribution in [-0.2, 0) is 7.05 Å². The van der Waals surface area contributed by atoms with Gasteiger partial charge in [0.2, 0.25) is 0 Å². The maximum Gasteiger partial charge on any atom is 0.270 e. The molecule has 0 aliphatic heterocycles. The molecule has 0 unspecified atom stereocenters. The second-order valence-electron chi connectivity index (χ2n) is 4.37. The molecule has 0 fully saturated rings. The third-order valence-corrected chi connectivity index (χ3v) is 2.79. The van der Waals surface area contributed by atoms with Crippen LogP contribution in [0.25, 0.3) is 0 Å². The van der Waals surface area contributed by atoms with E-state index in [1.54, 1.807) is 17.9 Å². The first-order valence-electron chi connectivity index (χ1n) is 6.33. The minimum absolute atomic E-state index is 0.131. The Morgan fingerprint density at radius 2 is 2.24 bits per heavy atom. The summed E-state index contributed by atoms with van der Waals surface area (Å²) in [6, 6.07) is 4.14. The summed E-state index contributed by atoms with van der Waals surface area (Å²) in [5.41, 5.74) is 1.16. The summed E-state index contributed by atoms with van der Waals surface area (Å²) in [6.45, 7) is 2.48. The first-order chi connectivity index (χ1) is 10.0. The van der Waals surface area contributed by atoms with Gasteiger partial charge in [0.1, 0.15) is 0 Å². The highest BCUT2D eigenvalue weighted by molar-refractivity contribution is 6.08. The van der Waals surface area contributed by atoms with E-state index in [1.807, 2.05) is 6.92 Å². The third kappa shape index (κ3) is 3.35. The van der Waals surface area contributed by atoms with Crippen molar-refractivity contribution >= 4 is 23.0 Å². The van der Waals surface area contributed by atoms with Gasteiger partial charge in [-0.2, -0.15) is 5.10 Å². The van der Waals surface area contributed by atoms with Crippen molar-refractivity contribution in [3.8, 4) is 0 Å². The van der Waals surface area contributed by atoms with E-state index in [-0.39, 0.29) is 11.3 Å². The topological polar surface area (TPSA) is 102 Å². The summed E-state index contributed by atoms with van der Waals surface area (Å²) in [6.07, 6.45) is 3.14. The van der Waals surface area contributed by atoms with Crippen LogP contribution in [0.3, 0.4) is 0 Å². The Bertz CT molecular complexity index is 680. The van der Waals surface area contributed by atoms with Gasteiger partial charge in [0, 0.05) is 37.6 Å². The van der Waals surface area contributed by atoms with Gasteiger partial charge in [-0.1, -0.05) is 0 Å². The van der Waals surface area contributed by atoms with Gasteiger partial charge in [-0.25, -0.2) is 0 Å². The molecule has 2 rings (SSSR count). The lowest BCUT2D eigenvalue weighted by Crippen LogP contribution is -2.15. The fraction of sp³-hybridized carbons (Fsp3) is 0.231. The van der Waals surface area contributed by atoms with Crippen molar-refractivity contribution in [3.63, 3.8) is 0 Å². The lowest BCUT2D eigenvalue weighted by molar-refractivity contribution is -0.384. The number of nitrogens with zero attached hydrogens (tertiary/aromatic N) is 3. The summed E-state index contributed by atoms with van der Waals surface area (Å²) in [7, 11) is 1.73. The summed E-state index contributed by atoms with van der Waals surface area (Å²) >= 11 is 0. The summed E-state index contributed by atoms with van der Waals surface area (Å²) in [5.74, 6) is -0.428. The smallest absolute Gasteiger partial charge is 0.270 e. The Labute approximate surface area is 120 Å². The van der Waals surface area contributed by atoms with Gasteiger partial charge in [-0.15, -0.1) is 0 Å². The number of amides is 1. The van der Waals surface area contributed by atoms with E-state index in [2.05, 4.69) is 15.7 Å². The largest absolute Gasteiger partial charge is 0.385 e. The number of non-ortho nitro benzene ring substituents is 1. The van der Waals surface area contributed by atoms with Gasteiger partial charge < -0.3 is 10.6 Å². The zero-order valence-electron chi connectivity index (χ0n) is 11.7. The molecule has 1 heterocycles. The molecule has 0 saturated heterocycles. The van der Waals surface area contributed by atoms with Gasteiger partial charge in [-0.05, 0) is 13.0 Å². The number of hydrogen-bond donors (Lipinski definition) is 2. The predicted octanol–water partition coefficient (Wildman–Crippen LogP) is 2.01. The van der Waals surface area contributed by atoms with Gasteiger partial charge in [0.05, 0.1) is 22.4 Å². The number of hydrogen-bond acceptors (Lipinski definition) is 5. The average molecular weight is 289 g/mol. The first-order valence-corrected chi connectivity index (χ1v) is 6.33. The zero-order chi connectivity index (χ0) is 15.4. The fourth-order valence-corrected chi connectivity index (χ4v) is 1.86. The molecule has 0 aliphatic carbocycles. The second-order valence-corrected chi connectivity index (χ2v) is 4.37. The summed E-state index contributed by atoms with van der Waals surface area (Å²) in [5, 5.41) is 20.5. The Balaban J connectivity index is 2.32. The molecule has 0 saturated carbocycles. The van der Waals surface area contributed by atoms with Gasteiger partial charge in [0.25, 0.3) is 11.6 Å². The van der Waals surface area contributed by atoms with Gasteiger partial charge >= 0.3 is 0 Å². The molecule has 0 aliphatic rings. The van der Waals surface area contributed by atoms with Crippen LogP contribution >= 0.6 is 0 Å². The number of carbonyl (C=O) groups excluding carboxylic acids is 1. The van der Waals surface area contributed by atoms with E-state index in [9.17, 15) is 14.9 Å². The van der Waals surface area contributed by atoms with Crippen molar-refractivity contribution < 1.29 is 9.72 Å². The van der Waals surface area contributed by atoms with Crippen LogP contribution in [0.5, 0.6) is 0 Å². The summed E-state index contributed by atoms with van der Waals surface area (Å²) in [4.78, 5) is 22.6. The van der Waals surface area contributed by atoms with Crippen LogP contribution in [0.1, 0.15) is 17.3 Å². The number of benzene rings is 1. The number of rotatable bonds is 5. The van der Waals surface area contributed by atoms with Crippen molar-refractivity contribution in [2.75, 3.05) is 17.2 Å². The van der Waals surface area contributed by atoms with Crippen molar-refractivity contribution in [3.05, 3.63) is 46.3 Å². The predicted molar refractivity (Wildman–Crippen MR) is 78.4 cm³/mol. The Kier molecular flexibility index (Phi) is 4.17. The van der Waals surface area contributed by atoms with E-state index >= 15 is 0 Å². The molecule has 110 valence electrons. The molecule has 21 heavy (non-hydrogen) atoms. The Morgan fingerprint density at radius 1 is 1.48 bits per heavy atom. The van der Waals surface area contributed by atoms with Crippen LogP contribution in [0, 0.1) is 10.1 Å². The standard InChI is InChI=1S/C13H15N5O3/c1-3-14-12-5-4-10(18(20)21)6-11(12)13(19)16-9-7-15-17(2)8-9/h4-8,14H,3H2,1-2H3,(H,16,19). The molecule has 1 aromatic heterocycles. The number of aryl methyl sites for hydroxylation is 1. The number of nitro benzene ring substituents is 1. The van der Waals surface area contributed by atoms with Crippen LogP contribution in [0.4, 0.5) is 17.1 Å². The van der Waals surface area contributed by atoms with Gasteiger partial charge in [0.15, 0.2) is 0 Å². The van der Waals surface area contributed by atoms with Crippen LogP contribution in [0.15, 0.2) is 30.6 Å². The molecule has 8 nitrogen and oxygen atoms in total. The monoisotopic (exact) mass is 289 g/mol. The Hall–Kier alpha value is -2.90. The molecule has 0 bridgehead atoms. The molecule has 8 heteroatoms. The highest BCUT2D eigenvalue weighted by atomic mass is 16.6. The van der Waals surface area contributed by atoms with E-state index < -0.39 is 10.8 Å². The molecule has 1 aromatic carbocycles. The number of aromatic nitrogens is 2. The molecule has 2 aromatic rings. The maximum absolute atomic E-state index is 12.3. The lowest BCUT2D eigenvalue weighted by atomic mass is 10.1. The van der Waals surface area contributed by atoms with E-state index in [1.165, 1.54) is 24.4 Å². The Morgan fingerprint density at radius 3 is 2.81 bits per heavy atom. The lowest BCUT2D eigenvalue weighted by Gasteiger charge is -2.10. The van der Waals surface area contributed by atoms with Crippen LogP contribution < -0.4 is 10.6 Å². The minimum atomic E-state index is -0.531. The molecule has 2 N–H and O–H groups in total. The molecular weight excluding hydrogens is 274 g/mol. The quantitative estimate of drug-likeness (QED) is 0.647. The van der Waals surface area contributed by atoms with Crippen molar-refractivity contribution in [2.45, 2.75) is 6.92 Å². The van der Waals surface area contributed by atoms with Crippen LogP contribution in [-0.4, -0.2) is 27.2 Å². The molecular formula is C13H15N5O3. The number of nitrogens with one attached hydrogen (secondary N) is 2. The highest BCUT2D eigenvalue weighted by Gasteiger charge is 2.17. The van der Waals surface area contributed by atoms with E-state index in [4.69, 9.17) is 0 Å². The number of nitro groups is 1. The van der Waals surface area contributed by atoms with Crippen molar-refractivity contribution in [1.29, 1.82) is 0 Å². The number of carbonyl (C=O) groups is 1. The molecule has 0 atom stereocenters. The molecule has 1 amide bonds. The molecule has 0 radical (unpaired) electrons. The van der Waals surface area contributed by atoms with E-state index in [0.717, 1.165) is 0 Å². The van der Waals surface area contributed by atoms with Crippen molar-refractivity contribution in [1.82, 2.24) is 9.78 Å². The fourth-order valence-electron chi connectivity index (χ4n) is 1.86. The van der Waals surface area contributed by atoms with E-state index in [0.29, 0.717) is 17.9 Å². The first kappa shape index (κ1) is 14.5. The van der Waals surface area contributed by atoms with Crippen LogP contribution in [0.2, 0.25) is 0 Å². The minimum Gasteiger partial charge on any atom is -0.385 e. The normalized spacial score (nSPS) is 10.2. The highest BCUT2D eigenvalue weighted by Crippen LogP contribution is 2.23. The van der Waals surface area contributed by atoms with Gasteiger partial charge in [-0.3, -0.25) is 19.6 Å². The maximum atomic E-state index is 12.3. The second kappa shape index (κ2) is 6.04. The summed E-state index contributed by atoms with van der Waals surface area (Å²) < 4.78 is 1.55. The molecule has 0 spiro atoms. The SMILES string of the molecule is CCNc1ccc([N+](=O)[O-])cc1C(=O)Nc1cnn(C)c1. The average Bonchev–Trinajstić information content (AvgIpc) is 2.84. The third-order valence-electron chi connectivity index (χ3n) is 2.79.